The molecule has 6 aromatic rings. The van der Waals surface area contributed by atoms with E-state index in [9.17, 15) is 27.8 Å². The first-order chi connectivity index (χ1) is 40.3. The van der Waals surface area contributed by atoms with Crippen LogP contribution in [-0.2, 0) is 34.8 Å². The lowest BCUT2D eigenvalue weighted by Gasteiger charge is -2.26. The van der Waals surface area contributed by atoms with E-state index < -0.39 is 34.8 Å². The van der Waals surface area contributed by atoms with Crippen LogP contribution in [0.2, 0.25) is 5.15 Å². The molecular formula is C57H71Cl2F4N11O8S2. The molecule has 8 fully saturated rings. The quantitative estimate of drug-likeness (QED) is 0.0314. The van der Waals surface area contributed by atoms with Crippen molar-refractivity contribution in [2.24, 2.45) is 11.7 Å². The topological polar surface area (TPSA) is 235 Å². The second-order valence-corrected chi connectivity index (χ2v) is 25.4. The third-order valence-corrected chi connectivity index (χ3v) is 19.5. The third kappa shape index (κ3) is 12.8. The number of aromatic nitrogens is 10. The van der Waals surface area contributed by atoms with Crippen molar-refractivity contribution >= 4 is 69.9 Å². The maximum Gasteiger partial charge on any atom is 0.191 e. The van der Waals surface area contributed by atoms with Gasteiger partial charge >= 0.3 is 0 Å². The highest BCUT2D eigenvalue weighted by molar-refractivity contribution is 7.99. The Morgan fingerprint density at radius 3 is 1.57 bits per heavy atom. The molecule has 6 aliphatic carbocycles. The molecule has 4 unspecified atom stereocenters. The molecule has 2 aromatic carbocycles. The molecule has 12 atom stereocenters. The lowest BCUT2D eigenvalue weighted by molar-refractivity contribution is -0.190. The van der Waals surface area contributed by atoms with Crippen molar-refractivity contribution in [1.82, 2.24) is 49.9 Å². The summed E-state index contributed by atoms with van der Waals surface area (Å²) in [5, 5.41) is 38.1. The molecule has 4 N–H and O–H groups in total. The average molecular weight is 1250 g/mol. The molecule has 0 radical (unpaired) electrons. The molecule has 84 heavy (non-hydrogen) atoms. The lowest BCUT2D eigenvalue weighted by Crippen LogP contribution is -2.32. The number of ether oxygens (including phenoxy) is 6. The molecule has 456 valence electrons. The van der Waals surface area contributed by atoms with E-state index in [-0.39, 0.29) is 111 Å². The van der Waals surface area contributed by atoms with Crippen LogP contribution < -0.4 is 5.73 Å². The number of hydrogen-bond donors (Lipinski definition) is 3. The number of thioether (sulfide) groups is 2. The van der Waals surface area contributed by atoms with Gasteiger partial charge in [-0.25, -0.2) is 46.9 Å². The molecule has 2 saturated heterocycles. The molecule has 6 heterocycles. The summed E-state index contributed by atoms with van der Waals surface area (Å²) in [6.07, 6.45) is 12.2. The van der Waals surface area contributed by atoms with Crippen LogP contribution >= 0.6 is 47.5 Å². The number of benzene rings is 2. The van der Waals surface area contributed by atoms with Gasteiger partial charge in [-0.1, -0.05) is 71.5 Å². The van der Waals surface area contributed by atoms with E-state index in [1.54, 1.807) is 40.3 Å². The van der Waals surface area contributed by atoms with Crippen LogP contribution in [0.5, 0.6) is 0 Å². The highest BCUT2D eigenvalue weighted by atomic mass is 35.5. The van der Waals surface area contributed by atoms with Crippen molar-refractivity contribution in [1.29, 1.82) is 0 Å². The Morgan fingerprint density at radius 1 is 0.631 bits per heavy atom. The zero-order valence-corrected chi connectivity index (χ0v) is 50.0. The van der Waals surface area contributed by atoms with Crippen molar-refractivity contribution < 1.29 is 56.2 Å². The molecule has 2 spiro atoms. The number of halogens is 6. The van der Waals surface area contributed by atoms with Gasteiger partial charge in [-0.05, 0) is 105 Å². The Hall–Kier alpha value is -3.96. The summed E-state index contributed by atoms with van der Waals surface area (Å²) in [4.78, 5) is 18.9. The van der Waals surface area contributed by atoms with Crippen molar-refractivity contribution in [3.05, 3.63) is 81.6 Å². The maximum atomic E-state index is 13.9. The van der Waals surface area contributed by atoms with Crippen molar-refractivity contribution in [3.8, 4) is 0 Å². The van der Waals surface area contributed by atoms with Crippen molar-refractivity contribution in [3.63, 3.8) is 0 Å². The average Bonchev–Trinajstić information content (AvgIpc) is 1.93. The molecule has 14 rings (SSSR count). The van der Waals surface area contributed by atoms with Crippen LogP contribution in [0.1, 0.15) is 144 Å². The van der Waals surface area contributed by atoms with E-state index in [1.165, 1.54) is 18.2 Å². The Bertz CT molecular complexity index is 3260. The SMILES string of the molecule is CCCSc1nc(CC2C[C@@H]2c2ccc(F)c(F)c2)c2nnn(C3C[C@H](OCCO)[C@H]4OC5(CCCC5)O[C@@H]34)c2n1.CCCSc1nc(Cl)c2nnn(C3C[C@H](OCCO)[C@H]4OC5(CCCC5)O[C@@H]34)c2n1.Cl.N[C@@H]1CC1c1ccc(F)c(F)c1. The molecule has 4 aromatic heterocycles. The second-order valence-electron chi connectivity index (χ2n) is 23.0. The van der Waals surface area contributed by atoms with E-state index in [4.69, 9.17) is 60.7 Å². The van der Waals surface area contributed by atoms with E-state index in [0.717, 1.165) is 111 Å². The van der Waals surface area contributed by atoms with E-state index in [1.807, 2.05) is 4.68 Å². The maximum absolute atomic E-state index is 13.9. The summed E-state index contributed by atoms with van der Waals surface area (Å²) >= 11 is 9.55. The predicted molar refractivity (Wildman–Crippen MR) is 306 cm³/mol. The minimum absolute atomic E-state index is 0. The molecular weight excluding hydrogens is 1180 g/mol. The monoisotopic (exact) mass is 1250 g/mol. The third-order valence-electron chi connectivity index (χ3n) is 17.2. The summed E-state index contributed by atoms with van der Waals surface area (Å²) in [6, 6.07) is 7.96. The number of nitrogens with two attached hydrogens (primary N) is 1. The van der Waals surface area contributed by atoms with Crippen LogP contribution in [0, 0.1) is 29.2 Å². The smallest absolute Gasteiger partial charge is 0.191 e. The minimum Gasteiger partial charge on any atom is -0.394 e. The molecule has 0 amide bonds. The Balaban J connectivity index is 0.000000149. The fourth-order valence-electron chi connectivity index (χ4n) is 13.0. The zero-order chi connectivity index (χ0) is 57.6. The minimum atomic E-state index is -0.827. The molecule has 27 heteroatoms. The largest absolute Gasteiger partial charge is 0.394 e. The van der Waals surface area contributed by atoms with Crippen LogP contribution in [0.3, 0.4) is 0 Å². The van der Waals surface area contributed by atoms with Crippen LogP contribution in [0.15, 0.2) is 46.7 Å². The van der Waals surface area contributed by atoms with Gasteiger partial charge in [-0.3, -0.25) is 0 Å². The molecule has 6 saturated carbocycles. The highest BCUT2D eigenvalue weighted by Crippen LogP contribution is 2.54. The fourth-order valence-corrected chi connectivity index (χ4v) is 14.6. The fraction of sp³-hybridized carbons (Fsp3) is 0.649. The summed E-state index contributed by atoms with van der Waals surface area (Å²) in [5.74, 6) is -1.88. The first-order valence-corrected chi connectivity index (χ1v) is 31.6. The van der Waals surface area contributed by atoms with Crippen LogP contribution in [-0.4, -0.2) is 152 Å². The first-order valence-electron chi connectivity index (χ1n) is 29.3. The molecule has 19 nitrogen and oxygen atoms in total. The Labute approximate surface area is 503 Å². The van der Waals surface area contributed by atoms with Gasteiger partial charge in [0.15, 0.2) is 72.6 Å². The van der Waals surface area contributed by atoms with Gasteiger partial charge in [0.1, 0.15) is 24.4 Å². The number of nitrogens with zero attached hydrogens (tertiary/aromatic N) is 10. The molecule has 0 bridgehead atoms. The number of aliphatic hydroxyl groups excluding tert-OH is 2. The van der Waals surface area contributed by atoms with E-state index >= 15 is 0 Å². The summed E-state index contributed by atoms with van der Waals surface area (Å²) < 4.78 is 94.3. The summed E-state index contributed by atoms with van der Waals surface area (Å²) in [6.45, 7) is 4.65. The highest BCUT2D eigenvalue weighted by Gasteiger charge is 2.61. The van der Waals surface area contributed by atoms with Crippen LogP contribution in [0.4, 0.5) is 17.6 Å². The number of aliphatic hydroxyl groups is 2. The molecule has 2 aliphatic heterocycles. The lowest BCUT2D eigenvalue weighted by atomic mass is 10.1. The van der Waals surface area contributed by atoms with Gasteiger partial charge in [0.2, 0.25) is 0 Å². The van der Waals surface area contributed by atoms with E-state index in [2.05, 4.69) is 39.5 Å². The van der Waals surface area contributed by atoms with Gasteiger partial charge in [-0.2, -0.15) is 0 Å². The van der Waals surface area contributed by atoms with Gasteiger partial charge in [-0.15, -0.1) is 22.6 Å². The normalized spacial score (nSPS) is 29.3. The predicted octanol–water partition coefficient (Wildman–Crippen LogP) is 9.68. The molecule has 8 aliphatic rings. The van der Waals surface area contributed by atoms with E-state index in [0.29, 0.717) is 57.1 Å². The standard InChI is InChI=1S/C29H35F2N5O4S.C19H26ClN5O4S.C9H9F2N.ClH/c1-2-11-41-28-32-21(14-17-12-18(17)16-5-6-19(30)20(31)13-16)24-27(33-28)36(35-34-24)22-15-23(38-10-9-37)26-25(22)39-29(40-26)7-3-4-8-29;1-2-9-30-18-21-16(20)13-17(22-18)25(24-23-13)11-10-12(27-8-7-26)15-14(11)28-19(29-15)5-3-4-6-19;10-7-2-1-5(3-8(7)11)6-4-9(6)12;/h5-6,13,17-18,22-23,25-26,37H,2-4,7-12,14-15H2,1H3;11-12,14-15,26H,2-10H2,1H3;1-3,6,9H,4,12H2;1H/t17?,18-,22?,23+,25+,26-;11?,12-,14-,15+;6?,9-;/m101./s1. The van der Waals surface area contributed by atoms with Crippen molar-refractivity contribution in [2.75, 3.05) is 37.9 Å². The Morgan fingerprint density at radius 2 is 1.10 bits per heavy atom. The van der Waals surface area contributed by atoms with Gasteiger partial charge in [0.25, 0.3) is 0 Å². The number of hydrogen-bond acceptors (Lipinski definition) is 19. The Kier molecular flexibility index (Phi) is 19.4. The van der Waals surface area contributed by atoms with Crippen LogP contribution in [0.25, 0.3) is 22.3 Å². The summed E-state index contributed by atoms with van der Waals surface area (Å²) in [7, 11) is 0. The number of fused-ring (bicyclic) bond motifs is 4. The van der Waals surface area contributed by atoms with Gasteiger partial charge in [0, 0.05) is 62.0 Å². The second kappa shape index (κ2) is 26.4. The zero-order valence-electron chi connectivity index (χ0n) is 46.7. The number of rotatable bonds is 18. The van der Waals surface area contributed by atoms with Gasteiger partial charge in [0.05, 0.1) is 56.4 Å². The first kappa shape index (κ1) is 61.7. The summed E-state index contributed by atoms with van der Waals surface area (Å²) in [5.41, 5.74) is 10.4. The van der Waals surface area contributed by atoms with Crippen molar-refractivity contribution in [2.45, 2.75) is 199 Å². The van der Waals surface area contributed by atoms with Gasteiger partial charge < -0.3 is 44.4 Å².